The van der Waals surface area contributed by atoms with Gasteiger partial charge < -0.3 is 10.5 Å². The minimum absolute atomic E-state index is 0.0480. The van der Waals surface area contributed by atoms with Crippen molar-refractivity contribution in [3.63, 3.8) is 0 Å². The first-order valence-electron chi connectivity index (χ1n) is 6.74. The Hall–Kier alpha value is -2.29. The minimum atomic E-state index is 0.0480. The van der Waals surface area contributed by atoms with Gasteiger partial charge in [-0.1, -0.05) is 36.4 Å². The van der Waals surface area contributed by atoms with E-state index < -0.39 is 0 Å². The summed E-state index contributed by atoms with van der Waals surface area (Å²) >= 11 is 0. The molecule has 0 aliphatic heterocycles. The third-order valence-corrected chi connectivity index (χ3v) is 3.91. The lowest BCUT2D eigenvalue weighted by atomic mass is 10.0. The lowest BCUT2D eigenvalue weighted by Gasteiger charge is -2.09. The molecule has 20 heavy (non-hydrogen) atoms. The van der Waals surface area contributed by atoms with E-state index in [-0.39, 0.29) is 11.7 Å². The molecule has 102 valence electrons. The molecular weight excluding hydrogens is 250 g/mol. The van der Waals surface area contributed by atoms with Crippen molar-refractivity contribution in [1.29, 1.82) is 0 Å². The van der Waals surface area contributed by atoms with E-state index in [2.05, 4.69) is 12.1 Å². The van der Waals surface area contributed by atoms with Crippen LogP contribution in [0.5, 0.6) is 5.75 Å². The quantitative estimate of drug-likeness (QED) is 0.683. The van der Waals surface area contributed by atoms with Gasteiger partial charge >= 0.3 is 0 Å². The van der Waals surface area contributed by atoms with Crippen molar-refractivity contribution in [2.75, 3.05) is 12.8 Å². The zero-order valence-electron chi connectivity index (χ0n) is 11.4. The van der Waals surface area contributed by atoms with E-state index in [0.717, 1.165) is 6.42 Å². The number of carbonyl (C=O) groups excluding carboxylic acids is 1. The van der Waals surface area contributed by atoms with Gasteiger partial charge in [-0.05, 0) is 30.0 Å². The summed E-state index contributed by atoms with van der Waals surface area (Å²) < 4.78 is 5.17. The van der Waals surface area contributed by atoms with Crippen molar-refractivity contribution in [3.8, 4) is 5.75 Å². The van der Waals surface area contributed by atoms with Gasteiger partial charge in [-0.2, -0.15) is 0 Å². The second kappa shape index (κ2) is 5.00. The number of hydrogen-bond donors (Lipinski definition) is 1. The molecule has 2 N–H and O–H groups in total. The second-order valence-corrected chi connectivity index (χ2v) is 5.15. The molecule has 2 unspecified atom stereocenters. The summed E-state index contributed by atoms with van der Waals surface area (Å²) in [4.78, 5) is 12.5. The molecule has 3 rings (SSSR count). The van der Waals surface area contributed by atoms with Gasteiger partial charge in [-0.25, -0.2) is 0 Å². The molecular formula is C17H17NO2. The predicted octanol–water partition coefficient (Wildman–Crippen LogP) is 3.26. The molecule has 0 radical (unpaired) electrons. The Morgan fingerprint density at radius 2 is 1.90 bits per heavy atom. The van der Waals surface area contributed by atoms with Crippen LogP contribution in [0, 0.1) is 5.92 Å². The molecule has 3 nitrogen and oxygen atoms in total. The number of carbonyl (C=O) groups is 1. The highest BCUT2D eigenvalue weighted by Crippen LogP contribution is 2.49. The van der Waals surface area contributed by atoms with E-state index in [1.165, 1.54) is 5.56 Å². The SMILES string of the molecule is COc1cccc(C(=O)C2CC2c2ccccc2)c1N. The van der Waals surface area contributed by atoms with Crippen LogP contribution in [0.3, 0.4) is 0 Å². The van der Waals surface area contributed by atoms with Gasteiger partial charge in [0.1, 0.15) is 5.75 Å². The number of hydrogen-bond acceptors (Lipinski definition) is 3. The van der Waals surface area contributed by atoms with E-state index >= 15 is 0 Å². The Labute approximate surface area is 118 Å². The van der Waals surface area contributed by atoms with Crippen LogP contribution in [-0.2, 0) is 0 Å². The van der Waals surface area contributed by atoms with Gasteiger partial charge in [-0.3, -0.25) is 4.79 Å². The number of para-hydroxylation sites is 1. The van der Waals surface area contributed by atoms with Crippen molar-refractivity contribution in [2.45, 2.75) is 12.3 Å². The van der Waals surface area contributed by atoms with Crippen LogP contribution in [0.1, 0.15) is 28.3 Å². The lowest BCUT2D eigenvalue weighted by molar-refractivity contribution is 0.0966. The summed E-state index contributed by atoms with van der Waals surface area (Å²) in [7, 11) is 1.56. The number of nitrogen functional groups attached to an aromatic ring is 1. The van der Waals surface area contributed by atoms with Gasteiger partial charge in [0.2, 0.25) is 0 Å². The van der Waals surface area contributed by atoms with Gasteiger partial charge in [0, 0.05) is 11.5 Å². The summed E-state index contributed by atoms with van der Waals surface area (Å²) in [5.41, 5.74) is 8.25. The monoisotopic (exact) mass is 267 g/mol. The third-order valence-electron chi connectivity index (χ3n) is 3.91. The lowest BCUT2D eigenvalue weighted by Crippen LogP contribution is -2.08. The fourth-order valence-corrected chi connectivity index (χ4v) is 2.69. The molecule has 0 amide bonds. The molecule has 1 aliphatic carbocycles. The molecule has 2 aromatic rings. The van der Waals surface area contributed by atoms with Crippen molar-refractivity contribution in [3.05, 3.63) is 59.7 Å². The molecule has 0 saturated heterocycles. The first-order valence-corrected chi connectivity index (χ1v) is 6.74. The highest BCUT2D eigenvalue weighted by molar-refractivity contribution is 6.05. The van der Waals surface area contributed by atoms with Crippen molar-refractivity contribution >= 4 is 11.5 Å². The van der Waals surface area contributed by atoms with Gasteiger partial charge in [0.05, 0.1) is 12.8 Å². The Bertz CT molecular complexity index is 637. The average molecular weight is 267 g/mol. The Morgan fingerprint density at radius 1 is 1.15 bits per heavy atom. The molecule has 0 heterocycles. The Morgan fingerprint density at radius 3 is 2.60 bits per heavy atom. The van der Waals surface area contributed by atoms with Crippen LogP contribution in [0.25, 0.3) is 0 Å². The van der Waals surface area contributed by atoms with Crippen LogP contribution in [0.2, 0.25) is 0 Å². The number of ether oxygens (including phenoxy) is 1. The second-order valence-electron chi connectivity index (χ2n) is 5.15. The van der Waals surface area contributed by atoms with Crippen LogP contribution < -0.4 is 10.5 Å². The number of methoxy groups -OCH3 is 1. The molecule has 1 aliphatic rings. The number of benzene rings is 2. The highest BCUT2D eigenvalue weighted by atomic mass is 16.5. The fourth-order valence-electron chi connectivity index (χ4n) is 2.69. The Kier molecular flexibility index (Phi) is 3.18. The normalized spacial score (nSPS) is 20.4. The summed E-state index contributed by atoms with van der Waals surface area (Å²) in [6.07, 6.45) is 0.902. The number of Topliss-reactive ketones (excluding diaryl/α,β-unsaturated/α-hetero) is 1. The smallest absolute Gasteiger partial charge is 0.168 e. The van der Waals surface area contributed by atoms with Crippen LogP contribution >= 0.6 is 0 Å². The summed E-state index contributed by atoms with van der Waals surface area (Å²) in [5, 5.41) is 0. The van der Waals surface area contributed by atoms with Crippen LogP contribution in [0.15, 0.2) is 48.5 Å². The first kappa shape index (κ1) is 12.7. The van der Waals surface area contributed by atoms with E-state index in [4.69, 9.17) is 10.5 Å². The number of ketones is 1. The molecule has 2 aromatic carbocycles. The standard InChI is InChI=1S/C17H17NO2/c1-20-15-9-5-8-12(16(15)18)17(19)14-10-13(14)11-6-3-2-4-7-11/h2-9,13-14H,10,18H2,1H3. The van der Waals surface area contributed by atoms with E-state index in [0.29, 0.717) is 22.9 Å². The van der Waals surface area contributed by atoms with Gasteiger partial charge in [0.25, 0.3) is 0 Å². The summed E-state index contributed by atoms with van der Waals surface area (Å²) in [6, 6.07) is 15.5. The third kappa shape index (κ3) is 2.16. The number of nitrogens with two attached hydrogens (primary N) is 1. The highest BCUT2D eigenvalue weighted by Gasteiger charge is 2.44. The maximum atomic E-state index is 12.5. The van der Waals surface area contributed by atoms with E-state index in [1.807, 2.05) is 24.3 Å². The number of rotatable bonds is 4. The molecule has 0 aromatic heterocycles. The summed E-state index contributed by atoms with van der Waals surface area (Å²) in [5.74, 6) is 1.06. The molecule has 3 heteroatoms. The van der Waals surface area contributed by atoms with Crippen molar-refractivity contribution in [2.24, 2.45) is 5.92 Å². The number of anilines is 1. The fraction of sp³-hybridized carbons (Fsp3) is 0.235. The first-order chi connectivity index (χ1) is 9.72. The van der Waals surface area contributed by atoms with E-state index in [9.17, 15) is 4.79 Å². The maximum Gasteiger partial charge on any atom is 0.168 e. The molecule has 2 atom stereocenters. The zero-order chi connectivity index (χ0) is 14.1. The average Bonchev–Trinajstić information content (AvgIpc) is 3.28. The predicted molar refractivity (Wildman–Crippen MR) is 79.0 cm³/mol. The van der Waals surface area contributed by atoms with Crippen molar-refractivity contribution < 1.29 is 9.53 Å². The molecule has 0 spiro atoms. The Balaban J connectivity index is 1.82. The zero-order valence-corrected chi connectivity index (χ0v) is 11.4. The maximum absolute atomic E-state index is 12.5. The minimum Gasteiger partial charge on any atom is -0.495 e. The van der Waals surface area contributed by atoms with Gasteiger partial charge in [-0.15, -0.1) is 0 Å². The van der Waals surface area contributed by atoms with Crippen molar-refractivity contribution in [1.82, 2.24) is 0 Å². The van der Waals surface area contributed by atoms with Crippen LogP contribution in [-0.4, -0.2) is 12.9 Å². The van der Waals surface area contributed by atoms with Crippen LogP contribution in [0.4, 0.5) is 5.69 Å². The molecule has 0 bridgehead atoms. The van der Waals surface area contributed by atoms with Gasteiger partial charge in [0.15, 0.2) is 5.78 Å². The van der Waals surface area contributed by atoms with E-state index in [1.54, 1.807) is 19.2 Å². The topological polar surface area (TPSA) is 52.3 Å². The summed E-state index contributed by atoms with van der Waals surface area (Å²) in [6.45, 7) is 0. The molecule has 1 fully saturated rings. The largest absolute Gasteiger partial charge is 0.495 e. The molecule has 1 saturated carbocycles.